The van der Waals surface area contributed by atoms with Gasteiger partial charge in [-0.2, -0.15) is 4.52 Å². The molecule has 2 aromatic heterocycles. The fourth-order valence-corrected chi connectivity index (χ4v) is 2.80. The van der Waals surface area contributed by atoms with Crippen LogP contribution in [0.1, 0.15) is 17.5 Å². The number of nitrogens with one attached hydrogen (secondary N) is 1. The lowest BCUT2D eigenvalue weighted by Crippen LogP contribution is -2.28. The molecule has 0 amide bonds. The van der Waals surface area contributed by atoms with Gasteiger partial charge in [0.1, 0.15) is 0 Å². The van der Waals surface area contributed by atoms with Crippen LogP contribution in [0.5, 0.6) is 0 Å². The lowest BCUT2D eigenvalue weighted by Gasteiger charge is -2.26. The molecule has 4 rings (SSSR count). The number of rotatable bonds is 2. The maximum atomic E-state index is 4.17. The second-order valence-corrected chi connectivity index (χ2v) is 5.09. The van der Waals surface area contributed by atoms with Crippen LogP contribution < -0.4 is 5.32 Å². The number of fused-ring (bicyclic) bond motifs is 2. The van der Waals surface area contributed by atoms with Gasteiger partial charge in [-0.3, -0.25) is 4.98 Å². The van der Waals surface area contributed by atoms with E-state index in [-0.39, 0.29) is 0 Å². The predicted molar refractivity (Wildman–Crippen MR) is 74.5 cm³/mol. The maximum Gasteiger partial charge on any atom is 0.199 e. The largest absolute Gasteiger partial charge is 0.366 e. The molecule has 0 bridgehead atoms. The van der Waals surface area contributed by atoms with Crippen molar-refractivity contribution in [2.24, 2.45) is 0 Å². The zero-order valence-electron chi connectivity index (χ0n) is 10.9. The minimum Gasteiger partial charge on any atom is -0.366 e. The summed E-state index contributed by atoms with van der Waals surface area (Å²) in [5.41, 5.74) is 3.55. The second kappa shape index (κ2) is 4.56. The van der Waals surface area contributed by atoms with E-state index < -0.39 is 0 Å². The number of anilines is 1. The quantitative estimate of drug-likeness (QED) is 0.761. The van der Waals surface area contributed by atoms with E-state index in [1.165, 1.54) is 11.1 Å². The van der Waals surface area contributed by atoms with Crippen molar-refractivity contribution in [1.82, 2.24) is 25.0 Å². The van der Waals surface area contributed by atoms with E-state index in [0.29, 0.717) is 11.7 Å². The van der Waals surface area contributed by atoms with Gasteiger partial charge in [0, 0.05) is 6.04 Å². The highest BCUT2D eigenvalue weighted by atomic mass is 15.5. The zero-order valence-corrected chi connectivity index (χ0v) is 10.9. The van der Waals surface area contributed by atoms with E-state index in [4.69, 9.17) is 0 Å². The number of aromatic nitrogens is 5. The average Bonchev–Trinajstić information content (AvgIpc) is 2.97. The molecule has 0 radical (unpaired) electrons. The van der Waals surface area contributed by atoms with Crippen molar-refractivity contribution in [2.75, 3.05) is 5.32 Å². The Morgan fingerprint density at radius 2 is 2.05 bits per heavy atom. The van der Waals surface area contributed by atoms with Gasteiger partial charge in [-0.15, -0.1) is 5.10 Å². The third kappa shape index (κ3) is 1.89. The third-order valence-corrected chi connectivity index (χ3v) is 3.81. The van der Waals surface area contributed by atoms with Crippen molar-refractivity contribution >= 4 is 11.5 Å². The van der Waals surface area contributed by atoms with Crippen molar-refractivity contribution in [3.05, 3.63) is 47.8 Å². The second-order valence-electron chi connectivity index (χ2n) is 5.09. The zero-order chi connectivity index (χ0) is 13.4. The fourth-order valence-electron chi connectivity index (χ4n) is 2.80. The van der Waals surface area contributed by atoms with Crippen LogP contribution >= 0.6 is 0 Å². The molecule has 1 unspecified atom stereocenters. The van der Waals surface area contributed by atoms with E-state index in [0.717, 1.165) is 25.1 Å². The first-order valence-corrected chi connectivity index (χ1v) is 6.75. The Bertz CT molecular complexity index is 750. The van der Waals surface area contributed by atoms with E-state index in [1.807, 2.05) is 0 Å². The van der Waals surface area contributed by atoms with Gasteiger partial charge in [0.15, 0.2) is 11.5 Å². The molecular formula is C14H14N6. The molecule has 0 aliphatic heterocycles. The number of hydrogen-bond acceptors (Lipinski definition) is 5. The predicted octanol–water partition coefficient (Wildman–Crippen LogP) is 1.49. The van der Waals surface area contributed by atoms with Gasteiger partial charge in [0.2, 0.25) is 0 Å². The highest BCUT2D eigenvalue weighted by Crippen LogP contribution is 2.23. The Kier molecular flexibility index (Phi) is 2.58. The molecule has 6 nitrogen and oxygen atoms in total. The summed E-state index contributed by atoms with van der Waals surface area (Å²) in [5.74, 6) is 0.844. The van der Waals surface area contributed by atoms with Gasteiger partial charge >= 0.3 is 0 Å². The lowest BCUT2D eigenvalue weighted by atomic mass is 9.88. The van der Waals surface area contributed by atoms with Crippen molar-refractivity contribution in [3.8, 4) is 0 Å². The third-order valence-electron chi connectivity index (χ3n) is 3.81. The Morgan fingerprint density at radius 1 is 1.15 bits per heavy atom. The van der Waals surface area contributed by atoms with Crippen LogP contribution in [-0.2, 0) is 12.8 Å². The van der Waals surface area contributed by atoms with E-state index in [1.54, 1.807) is 16.9 Å². The number of hydrogen-bond donors (Lipinski definition) is 1. The minimum absolute atomic E-state index is 0.390. The Labute approximate surface area is 115 Å². The first-order chi connectivity index (χ1) is 9.90. The van der Waals surface area contributed by atoms with Crippen LogP contribution in [0.4, 0.5) is 5.82 Å². The maximum absolute atomic E-state index is 4.17. The SMILES string of the molecule is c1ccc2c(c1)CCC(Nc1cncc3nnnn13)C2. The molecule has 100 valence electrons. The van der Waals surface area contributed by atoms with Crippen LogP contribution in [0.15, 0.2) is 36.7 Å². The van der Waals surface area contributed by atoms with Gasteiger partial charge in [-0.05, 0) is 40.8 Å². The highest BCUT2D eigenvalue weighted by molar-refractivity contribution is 5.45. The number of benzene rings is 1. The molecular weight excluding hydrogens is 252 g/mol. The molecule has 0 spiro atoms. The van der Waals surface area contributed by atoms with Crippen molar-refractivity contribution < 1.29 is 0 Å². The summed E-state index contributed by atoms with van der Waals surface area (Å²) >= 11 is 0. The Balaban J connectivity index is 1.60. The summed E-state index contributed by atoms with van der Waals surface area (Å²) in [4.78, 5) is 4.17. The molecule has 3 aromatic rings. The standard InChI is InChI=1S/C14H14N6/c1-2-4-11-7-12(6-5-10(11)3-1)16-13-8-15-9-14-17-18-19-20(13)14/h1-4,8-9,12,16H,5-7H2. The molecule has 1 aliphatic carbocycles. The number of aryl methyl sites for hydroxylation is 1. The highest BCUT2D eigenvalue weighted by Gasteiger charge is 2.19. The van der Waals surface area contributed by atoms with Crippen LogP contribution in [0.25, 0.3) is 5.65 Å². The topological polar surface area (TPSA) is 68.0 Å². The van der Waals surface area contributed by atoms with Gasteiger partial charge in [0.25, 0.3) is 0 Å². The van der Waals surface area contributed by atoms with Gasteiger partial charge in [0.05, 0.1) is 12.4 Å². The lowest BCUT2D eigenvalue weighted by molar-refractivity contribution is 0.605. The summed E-state index contributed by atoms with van der Waals surface area (Å²) in [6.45, 7) is 0. The molecule has 0 fully saturated rings. The molecule has 1 aliphatic rings. The minimum atomic E-state index is 0.390. The number of tetrazole rings is 1. The van der Waals surface area contributed by atoms with Crippen LogP contribution in [0, 0.1) is 0 Å². The normalized spacial score (nSPS) is 17.9. The molecule has 6 heteroatoms. The molecule has 1 atom stereocenters. The van der Waals surface area contributed by atoms with Crippen molar-refractivity contribution in [3.63, 3.8) is 0 Å². The summed E-state index contributed by atoms with van der Waals surface area (Å²) in [7, 11) is 0. The molecule has 1 aromatic carbocycles. The van der Waals surface area contributed by atoms with E-state index in [2.05, 4.69) is 50.1 Å². The molecule has 2 heterocycles. The molecule has 20 heavy (non-hydrogen) atoms. The monoisotopic (exact) mass is 266 g/mol. The van der Waals surface area contributed by atoms with Crippen LogP contribution in [0.3, 0.4) is 0 Å². The van der Waals surface area contributed by atoms with Gasteiger partial charge in [-0.1, -0.05) is 24.3 Å². The smallest absolute Gasteiger partial charge is 0.199 e. The summed E-state index contributed by atoms with van der Waals surface area (Å²) in [5, 5.41) is 15.1. The van der Waals surface area contributed by atoms with Crippen LogP contribution in [-0.4, -0.2) is 31.1 Å². The van der Waals surface area contributed by atoms with Gasteiger partial charge < -0.3 is 5.32 Å². The fraction of sp³-hybridized carbons (Fsp3) is 0.286. The number of nitrogens with zero attached hydrogens (tertiary/aromatic N) is 5. The summed E-state index contributed by atoms with van der Waals surface area (Å²) < 4.78 is 1.69. The molecule has 0 saturated heterocycles. The Morgan fingerprint density at radius 3 is 3.00 bits per heavy atom. The molecule has 0 saturated carbocycles. The van der Waals surface area contributed by atoms with Crippen molar-refractivity contribution in [1.29, 1.82) is 0 Å². The first kappa shape index (κ1) is 11.3. The Hall–Kier alpha value is -2.50. The van der Waals surface area contributed by atoms with Gasteiger partial charge in [-0.25, -0.2) is 0 Å². The first-order valence-electron chi connectivity index (χ1n) is 6.75. The average molecular weight is 266 g/mol. The molecule has 1 N–H and O–H groups in total. The summed E-state index contributed by atoms with van der Waals surface area (Å²) in [6.07, 6.45) is 6.66. The van der Waals surface area contributed by atoms with Crippen molar-refractivity contribution in [2.45, 2.75) is 25.3 Å². The van der Waals surface area contributed by atoms with E-state index >= 15 is 0 Å². The summed E-state index contributed by atoms with van der Waals surface area (Å²) in [6, 6.07) is 9.03. The van der Waals surface area contributed by atoms with Crippen LogP contribution in [0.2, 0.25) is 0 Å². The van der Waals surface area contributed by atoms with E-state index in [9.17, 15) is 0 Å².